The molecule has 20 heavy (non-hydrogen) atoms. The molecule has 1 saturated heterocycles. The van der Waals surface area contributed by atoms with Gasteiger partial charge in [0.15, 0.2) is 0 Å². The molecule has 1 aromatic heterocycles. The molecule has 1 N–H and O–H groups in total. The number of hydrogen-bond donors (Lipinski definition) is 1. The molecule has 0 aliphatic carbocycles. The van der Waals surface area contributed by atoms with Gasteiger partial charge < -0.3 is 5.11 Å². The summed E-state index contributed by atoms with van der Waals surface area (Å²) in [6, 6.07) is 4.25. The SMILES string of the molecule is CCCC1CCCN(Cc2ccc(C#CCO)s2)CC1. The largest absolute Gasteiger partial charge is 0.384 e. The number of hydrogen-bond acceptors (Lipinski definition) is 3. The van der Waals surface area contributed by atoms with Gasteiger partial charge in [0.1, 0.15) is 6.61 Å². The van der Waals surface area contributed by atoms with Crippen LogP contribution in [-0.2, 0) is 6.54 Å². The van der Waals surface area contributed by atoms with Crippen molar-refractivity contribution < 1.29 is 5.11 Å². The van der Waals surface area contributed by atoms with Crippen LogP contribution in [0.2, 0.25) is 0 Å². The molecule has 0 saturated carbocycles. The standard InChI is InChI=1S/C17H25NOS/c1-2-5-15-6-3-11-18(12-10-15)14-17-9-8-16(20-17)7-4-13-19/h8-9,15,19H,2-3,5-6,10-14H2,1H3. The fourth-order valence-electron chi connectivity index (χ4n) is 2.96. The number of thiophene rings is 1. The molecular formula is C17H25NOS. The van der Waals surface area contributed by atoms with E-state index in [1.165, 1.54) is 50.1 Å². The Morgan fingerprint density at radius 2 is 2.25 bits per heavy atom. The van der Waals surface area contributed by atoms with Gasteiger partial charge in [0.25, 0.3) is 0 Å². The maximum Gasteiger partial charge on any atom is 0.104 e. The molecule has 0 aromatic carbocycles. The molecule has 0 radical (unpaired) electrons. The van der Waals surface area contributed by atoms with Gasteiger partial charge in [-0.05, 0) is 50.4 Å². The van der Waals surface area contributed by atoms with Crippen molar-refractivity contribution in [2.75, 3.05) is 19.7 Å². The van der Waals surface area contributed by atoms with Crippen molar-refractivity contribution in [2.24, 2.45) is 5.92 Å². The van der Waals surface area contributed by atoms with Gasteiger partial charge >= 0.3 is 0 Å². The second-order valence-electron chi connectivity index (χ2n) is 5.59. The molecule has 2 heterocycles. The summed E-state index contributed by atoms with van der Waals surface area (Å²) >= 11 is 1.76. The highest BCUT2D eigenvalue weighted by molar-refractivity contribution is 7.12. The molecule has 1 aliphatic heterocycles. The van der Waals surface area contributed by atoms with Crippen LogP contribution in [0.1, 0.15) is 48.8 Å². The van der Waals surface area contributed by atoms with Crippen LogP contribution in [0.5, 0.6) is 0 Å². The van der Waals surface area contributed by atoms with E-state index in [0.717, 1.165) is 17.3 Å². The zero-order chi connectivity index (χ0) is 14.2. The van der Waals surface area contributed by atoms with Crippen molar-refractivity contribution in [2.45, 2.75) is 45.6 Å². The first-order chi connectivity index (χ1) is 9.81. The van der Waals surface area contributed by atoms with Crippen LogP contribution >= 0.6 is 11.3 Å². The average Bonchev–Trinajstić information content (AvgIpc) is 2.77. The minimum atomic E-state index is -0.0574. The van der Waals surface area contributed by atoms with Crippen molar-refractivity contribution in [3.05, 3.63) is 21.9 Å². The predicted molar refractivity (Wildman–Crippen MR) is 85.8 cm³/mol. The molecule has 2 nitrogen and oxygen atoms in total. The van der Waals surface area contributed by atoms with Gasteiger partial charge in [-0.2, -0.15) is 0 Å². The van der Waals surface area contributed by atoms with Crippen LogP contribution in [0.4, 0.5) is 0 Å². The molecule has 1 fully saturated rings. The normalized spacial score (nSPS) is 20.2. The number of aliphatic hydroxyl groups is 1. The first-order valence-corrected chi connectivity index (χ1v) is 8.54. The quantitative estimate of drug-likeness (QED) is 0.858. The molecule has 110 valence electrons. The molecule has 1 aliphatic rings. The minimum Gasteiger partial charge on any atom is -0.384 e. The smallest absolute Gasteiger partial charge is 0.104 e. The predicted octanol–water partition coefficient (Wildman–Crippen LogP) is 3.49. The maximum absolute atomic E-state index is 8.72. The molecule has 1 atom stereocenters. The maximum atomic E-state index is 8.72. The first-order valence-electron chi connectivity index (χ1n) is 7.72. The fourth-order valence-corrected chi connectivity index (χ4v) is 3.88. The average molecular weight is 291 g/mol. The van der Waals surface area contributed by atoms with Gasteiger partial charge in [-0.25, -0.2) is 0 Å². The van der Waals surface area contributed by atoms with Crippen molar-refractivity contribution >= 4 is 11.3 Å². The summed E-state index contributed by atoms with van der Waals surface area (Å²) in [5.41, 5.74) is 0. The van der Waals surface area contributed by atoms with Gasteiger partial charge in [0.05, 0.1) is 4.88 Å². The molecular weight excluding hydrogens is 266 g/mol. The van der Waals surface area contributed by atoms with Crippen LogP contribution in [0.25, 0.3) is 0 Å². The Labute approximate surface area is 126 Å². The van der Waals surface area contributed by atoms with E-state index in [0.29, 0.717) is 0 Å². The van der Waals surface area contributed by atoms with Crippen LogP contribution in [-0.4, -0.2) is 29.7 Å². The fraction of sp³-hybridized carbons (Fsp3) is 0.647. The summed E-state index contributed by atoms with van der Waals surface area (Å²) in [7, 11) is 0. The summed E-state index contributed by atoms with van der Waals surface area (Å²) in [6.45, 7) is 5.77. The Kier molecular flexibility index (Phi) is 6.59. The van der Waals surface area contributed by atoms with E-state index in [-0.39, 0.29) is 6.61 Å². The summed E-state index contributed by atoms with van der Waals surface area (Å²) in [4.78, 5) is 5.04. The van der Waals surface area contributed by atoms with Crippen molar-refractivity contribution in [3.63, 3.8) is 0 Å². The lowest BCUT2D eigenvalue weighted by atomic mass is 9.96. The second kappa shape index (κ2) is 8.46. The molecule has 0 spiro atoms. The Morgan fingerprint density at radius 1 is 1.35 bits per heavy atom. The van der Waals surface area contributed by atoms with Crippen molar-refractivity contribution in [1.82, 2.24) is 4.90 Å². The lowest BCUT2D eigenvalue weighted by molar-refractivity contribution is 0.273. The van der Waals surface area contributed by atoms with E-state index in [9.17, 15) is 0 Å². The van der Waals surface area contributed by atoms with E-state index < -0.39 is 0 Å². The Balaban J connectivity index is 1.85. The number of aliphatic hydroxyl groups excluding tert-OH is 1. The lowest BCUT2D eigenvalue weighted by Crippen LogP contribution is -2.23. The molecule has 0 bridgehead atoms. The highest BCUT2D eigenvalue weighted by atomic mass is 32.1. The summed E-state index contributed by atoms with van der Waals surface area (Å²) < 4.78 is 0. The van der Waals surface area contributed by atoms with E-state index in [4.69, 9.17) is 5.11 Å². The van der Waals surface area contributed by atoms with Crippen LogP contribution < -0.4 is 0 Å². The zero-order valence-electron chi connectivity index (χ0n) is 12.4. The van der Waals surface area contributed by atoms with Gasteiger partial charge in [0, 0.05) is 11.4 Å². The third-order valence-electron chi connectivity index (χ3n) is 3.97. The second-order valence-corrected chi connectivity index (χ2v) is 6.76. The lowest BCUT2D eigenvalue weighted by Gasteiger charge is -2.19. The molecule has 3 heteroatoms. The first kappa shape index (κ1) is 15.6. The van der Waals surface area contributed by atoms with Gasteiger partial charge in [-0.1, -0.05) is 31.6 Å². The van der Waals surface area contributed by atoms with Gasteiger partial charge in [0.2, 0.25) is 0 Å². The molecule has 0 amide bonds. The molecule has 1 aromatic rings. The highest BCUT2D eigenvalue weighted by Crippen LogP contribution is 2.24. The zero-order valence-corrected chi connectivity index (χ0v) is 13.2. The van der Waals surface area contributed by atoms with E-state index >= 15 is 0 Å². The van der Waals surface area contributed by atoms with E-state index in [2.05, 4.69) is 35.8 Å². The number of likely N-dealkylation sites (tertiary alicyclic amines) is 1. The summed E-state index contributed by atoms with van der Waals surface area (Å²) in [6.07, 6.45) is 6.82. The summed E-state index contributed by atoms with van der Waals surface area (Å²) in [5, 5.41) is 8.72. The van der Waals surface area contributed by atoms with E-state index in [1.807, 2.05) is 0 Å². The molecule has 2 rings (SSSR count). The van der Waals surface area contributed by atoms with Gasteiger partial charge in [-0.3, -0.25) is 4.90 Å². The van der Waals surface area contributed by atoms with Gasteiger partial charge in [-0.15, -0.1) is 11.3 Å². The number of nitrogens with zero attached hydrogens (tertiary/aromatic N) is 1. The van der Waals surface area contributed by atoms with Crippen LogP contribution in [0.15, 0.2) is 12.1 Å². The van der Waals surface area contributed by atoms with Crippen LogP contribution in [0.3, 0.4) is 0 Å². The van der Waals surface area contributed by atoms with Crippen LogP contribution in [0, 0.1) is 17.8 Å². The van der Waals surface area contributed by atoms with Crippen molar-refractivity contribution in [3.8, 4) is 11.8 Å². The van der Waals surface area contributed by atoms with Crippen molar-refractivity contribution in [1.29, 1.82) is 0 Å². The Hall–Kier alpha value is -0.820. The number of rotatable bonds is 4. The third-order valence-corrected chi connectivity index (χ3v) is 4.95. The highest BCUT2D eigenvalue weighted by Gasteiger charge is 2.16. The molecule has 1 unspecified atom stereocenters. The summed E-state index contributed by atoms with van der Waals surface area (Å²) in [5.74, 6) is 6.65. The Bertz CT molecular complexity index is 457. The Morgan fingerprint density at radius 3 is 3.05 bits per heavy atom. The monoisotopic (exact) mass is 291 g/mol. The topological polar surface area (TPSA) is 23.5 Å². The minimum absolute atomic E-state index is 0.0574. The van der Waals surface area contributed by atoms with E-state index in [1.54, 1.807) is 11.3 Å². The third kappa shape index (κ3) is 4.94.